The predicted molar refractivity (Wildman–Crippen MR) is 59.1 cm³/mol. The Bertz CT molecular complexity index is 291. The molecule has 1 unspecified atom stereocenters. The van der Waals surface area contributed by atoms with E-state index in [1.165, 1.54) is 30.0 Å². The lowest BCUT2D eigenvalue weighted by Crippen LogP contribution is -1.97. The highest BCUT2D eigenvalue weighted by Gasteiger charge is 2.08. The molecule has 0 nitrogen and oxygen atoms in total. The quantitative estimate of drug-likeness (QED) is 0.665. The highest BCUT2D eigenvalue weighted by molar-refractivity contribution is 5.29. The highest BCUT2D eigenvalue weighted by atomic mass is 19.1. The first-order valence-corrected chi connectivity index (χ1v) is 5.41. The van der Waals surface area contributed by atoms with Crippen LogP contribution in [0, 0.1) is 12.7 Å². The van der Waals surface area contributed by atoms with Crippen LogP contribution in [-0.4, -0.2) is 0 Å². The molecule has 1 heteroatoms. The molecule has 0 fully saturated rings. The fraction of sp³-hybridized carbons (Fsp3) is 0.538. The normalized spacial score (nSPS) is 12.9. The summed E-state index contributed by atoms with van der Waals surface area (Å²) in [5.74, 6) is 0.361. The van der Waals surface area contributed by atoms with Crippen molar-refractivity contribution in [3.63, 3.8) is 0 Å². The molecule has 1 rings (SSSR count). The number of rotatable bonds is 4. The van der Waals surface area contributed by atoms with Gasteiger partial charge in [-0.2, -0.15) is 0 Å². The van der Waals surface area contributed by atoms with E-state index in [0.717, 1.165) is 6.42 Å². The first-order valence-electron chi connectivity index (χ1n) is 5.41. The van der Waals surface area contributed by atoms with Crippen LogP contribution in [0.25, 0.3) is 0 Å². The van der Waals surface area contributed by atoms with Gasteiger partial charge in [0.2, 0.25) is 0 Å². The molecule has 0 N–H and O–H groups in total. The lowest BCUT2D eigenvalue weighted by molar-refractivity contribution is 0.599. The maximum atomic E-state index is 13.0. The lowest BCUT2D eigenvalue weighted by Gasteiger charge is -2.14. The van der Waals surface area contributed by atoms with Crippen LogP contribution >= 0.6 is 0 Å². The van der Waals surface area contributed by atoms with Gasteiger partial charge >= 0.3 is 0 Å². The molecule has 0 saturated carbocycles. The summed E-state index contributed by atoms with van der Waals surface area (Å²) in [5.41, 5.74) is 2.37. The summed E-state index contributed by atoms with van der Waals surface area (Å²) in [7, 11) is 0. The Morgan fingerprint density at radius 1 is 1.36 bits per heavy atom. The number of hydrogen-bond donors (Lipinski definition) is 0. The van der Waals surface area contributed by atoms with Crippen LogP contribution in [-0.2, 0) is 0 Å². The van der Waals surface area contributed by atoms with E-state index in [0.29, 0.717) is 5.92 Å². The lowest BCUT2D eigenvalue weighted by atomic mass is 9.92. The highest BCUT2D eigenvalue weighted by Crippen LogP contribution is 2.25. The first kappa shape index (κ1) is 11.2. The third-order valence-electron chi connectivity index (χ3n) is 2.76. The smallest absolute Gasteiger partial charge is 0.123 e. The van der Waals surface area contributed by atoms with Crippen molar-refractivity contribution in [2.75, 3.05) is 0 Å². The van der Waals surface area contributed by atoms with Gasteiger partial charge < -0.3 is 0 Å². The molecule has 1 atom stereocenters. The van der Waals surface area contributed by atoms with E-state index >= 15 is 0 Å². The van der Waals surface area contributed by atoms with Gasteiger partial charge in [-0.25, -0.2) is 4.39 Å². The largest absolute Gasteiger partial charge is 0.207 e. The van der Waals surface area contributed by atoms with Crippen LogP contribution in [0.3, 0.4) is 0 Å². The van der Waals surface area contributed by atoms with Gasteiger partial charge in [-0.15, -0.1) is 0 Å². The molecule has 0 aliphatic carbocycles. The molecule has 1 aromatic carbocycles. The summed E-state index contributed by atoms with van der Waals surface area (Å²) in [5, 5.41) is 0. The van der Waals surface area contributed by atoms with E-state index in [-0.39, 0.29) is 5.82 Å². The Hall–Kier alpha value is -0.850. The van der Waals surface area contributed by atoms with Gasteiger partial charge in [0.1, 0.15) is 5.82 Å². The number of halogens is 1. The van der Waals surface area contributed by atoms with Crippen LogP contribution in [0.15, 0.2) is 18.2 Å². The molecule has 0 aliphatic rings. The van der Waals surface area contributed by atoms with Crippen LogP contribution in [0.1, 0.15) is 50.2 Å². The molecule has 14 heavy (non-hydrogen) atoms. The van der Waals surface area contributed by atoms with E-state index < -0.39 is 0 Å². The average Bonchev–Trinajstić information content (AvgIpc) is 2.18. The molecule has 0 spiro atoms. The van der Waals surface area contributed by atoms with Gasteiger partial charge in [-0.05, 0) is 42.5 Å². The molecule has 0 aromatic heterocycles. The van der Waals surface area contributed by atoms with E-state index in [4.69, 9.17) is 0 Å². The second-order valence-corrected chi connectivity index (χ2v) is 4.04. The standard InChI is InChI=1S/C13H19F/c1-4-5-6-10(2)13-9-12(14)8-7-11(13)3/h7-10H,4-6H2,1-3H3. The Morgan fingerprint density at radius 2 is 2.07 bits per heavy atom. The summed E-state index contributed by atoms with van der Waals surface area (Å²) in [4.78, 5) is 0. The van der Waals surface area contributed by atoms with Gasteiger partial charge in [0.15, 0.2) is 0 Å². The molecule has 0 amide bonds. The molecule has 78 valence electrons. The predicted octanol–water partition coefficient (Wildman–Crippen LogP) is 4.43. The van der Waals surface area contributed by atoms with Crippen LogP contribution in [0.5, 0.6) is 0 Å². The molecule has 0 saturated heterocycles. The van der Waals surface area contributed by atoms with Crippen LogP contribution in [0.4, 0.5) is 4.39 Å². The fourth-order valence-corrected chi connectivity index (χ4v) is 1.81. The first-order chi connectivity index (χ1) is 6.65. The summed E-state index contributed by atoms with van der Waals surface area (Å²) in [6.07, 6.45) is 3.58. The Morgan fingerprint density at radius 3 is 2.71 bits per heavy atom. The zero-order valence-corrected chi connectivity index (χ0v) is 9.31. The van der Waals surface area contributed by atoms with Gasteiger partial charge in [-0.1, -0.05) is 32.8 Å². The van der Waals surface area contributed by atoms with Gasteiger partial charge in [0, 0.05) is 0 Å². The van der Waals surface area contributed by atoms with Crippen molar-refractivity contribution in [2.45, 2.75) is 46.0 Å². The Labute approximate surface area is 86.2 Å². The zero-order valence-electron chi connectivity index (χ0n) is 9.31. The van der Waals surface area contributed by atoms with E-state index in [1.807, 2.05) is 6.07 Å². The number of benzene rings is 1. The number of unbranched alkanes of at least 4 members (excludes halogenated alkanes) is 1. The van der Waals surface area contributed by atoms with Crippen LogP contribution < -0.4 is 0 Å². The van der Waals surface area contributed by atoms with Crippen molar-refractivity contribution < 1.29 is 4.39 Å². The molecular formula is C13H19F. The van der Waals surface area contributed by atoms with Crippen molar-refractivity contribution in [1.82, 2.24) is 0 Å². The summed E-state index contributed by atoms with van der Waals surface area (Å²) in [6.45, 7) is 6.42. The monoisotopic (exact) mass is 194 g/mol. The topological polar surface area (TPSA) is 0 Å². The van der Waals surface area contributed by atoms with Crippen molar-refractivity contribution in [2.24, 2.45) is 0 Å². The third-order valence-corrected chi connectivity index (χ3v) is 2.76. The summed E-state index contributed by atoms with van der Waals surface area (Å²) >= 11 is 0. The molecule has 0 radical (unpaired) electrons. The maximum absolute atomic E-state index is 13.0. The summed E-state index contributed by atoms with van der Waals surface area (Å²) < 4.78 is 13.0. The van der Waals surface area contributed by atoms with Crippen molar-refractivity contribution in [3.05, 3.63) is 35.1 Å². The van der Waals surface area contributed by atoms with Crippen molar-refractivity contribution in [1.29, 1.82) is 0 Å². The zero-order chi connectivity index (χ0) is 10.6. The Balaban J connectivity index is 2.77. The fourth-order valence-electron chi connectivity index (χ4n) is 1.81. The van der Waals surface area contributed by atoms with Gasteiger partial charge in [0.05, 0.1) is 0 Å². The minimum Gasteiger partial charge on any atom is -0.207 e. The third kappa shape index (κ3) is 2.83. The second kappa shape index (κ2) is 5.14. The second-order valence-electron chi connectivity index (χ2n) is 4.04. The van der Waals surface area contributed by atoms with Crippen molar-refractivity contribution >= 4 is 0 Å². The van der Waals surface area contributed by atoms with Crippen LogP contribution in [0.2, 0.25) is 0 Å². The molecule has 0 aliphatic heterocycles. The molecule has 0 bridgehead atoms. The van der Waals surface area contributed by atoms with E-state index in [9.17, 15) is 4.39 Å². The van der Waals surface area contributed by atoms with E-state index in [1.54, 1.807) is 6.07 Å². The van der Waals surface area contributed by atoms with Gasteiger partial charge in [0.25, 0.3) is 0 Å². The van der Waals surface area contributed by atoms with E-state index in [2.05, 4.69) is 20.8 Å². The average molecular weight is 194 g/mol. The molecule has 1 aromatic rings. The number of hydrogen-bond acceptors (Lipinski definition) is 0. The Kier molecular flexibility index (Phi) is 4.12. The number of aryl methyl sites for hydroxylation is 1. The minimum absolute atomic E-state index is 0.117. The van der Waals surface area contributed by atoms with Crippen molar-refractivity contribution in [3.8, 4) is 0 Å². The molecular weight excluding hydrogens is 175 g/mol. The SMILES string of the molecule is CCCCC(C)c1cc(F)ccc1C. The minimum atomic E-state index is -0.117. The van der Waals surface area contributed by atoms with Gasteiger partial charge in [-0.3, -0.25) is 0 Å². The summed E-state index contributed by atoms with van der Waals surface area (Å²) in [6, 6.07) is 5.08. The molecule has 0 heterocycles. The maximum Gasteiger partial charge on any atom is 0.123 e.